The second-order valence-corrected chi connectivity index (χ2v) is 7.19. The molecule has 0 spiro atoms. The zero-order chi connectivity index (χ0) is 14.4. The van der Waals surface area contributed by atoms with Gasteiger partial charge in [-0.2, -0.15) is 5.26 Å². The molecule has 7 heteroatoms. The SMILES string of the molecule is CN(c1cc(C#N)cc2c(Br)cn(C)c12)S(C)(=O)=O. The predicted octanol–water partition coefficient (Wildman–Crippen LogP) is 2.21. The summed E-state index contributed by atoms with van der Waals surface area (Å²) < 4.78 is 27.3. The zero-order valence-corrected chi connectivity index (χ0v) is 13.1. The monoisotopic (exact) mass is 341 g/mol. The molecule has 2 rings (SSSR count). The molecule has 0 saturated heterocycles. The summed E-state index contributed by atoms with van der Waals surface area (Å²) >= 11 is 3.42. The van der Waals surface area contributed by atoms with Crippen molar-refractivity contribution >= 4 is 42.5 Å². The smallest absolute Gasteiger partial charge is 0.232 e. The highest BCUT2D eigenvalue weighted by molar-refractivity contribution is 9.10. The fraction of sp³-hybridized carbons (Fsp3) is 0.250. The Morgan fingerprint density at radius 3 is 2.58 bits per heavy atom. The number of benzene rings is 1. The van der Waals surface area contributed by atoms with Crippen molar-refractivity contribution in [1.82, 2.24) is 4.57 Å². The van der Waals surface area contributed by atoms with Gasteiger partial charge in [0.2, 0.25) is 10.0 Å². The molecule has 0 N–H and O–H groups in total. The number of rotatable bonds is 2. The van der Waals surface area contributed by atoms with Crippen LogP contribution in [0, 0.1) is 11.3 Å². The van der Waals surface area contributed by atoms with Crippen LogP contribution in [-0.4, -0.2) is 26.3 Å². The number of aromatic nitrogens is 1. The molecule has 0 saturated carbocycles. The first-order valence-electron chi connectivity index (χ1n) is 5.38. The Hall–Kier alpha value is -1.52. The van der Waals surface area contributed by atoms with E-state index in [0.29, 0.717) is 11.3 Å². The van der Waals surface area contributed by atoms with Crippen molar-refractivity contribution in [1.29, 1.82) is 5.26 Å². The van der Waals surface area contributed by atoms with Crippen LogP contribution >= 0.6 is 15.9 Å². The van der Waals surface area contributed by atoms with E-state index in [9.17, 15) is 8.42 Å². The first-order valence-corrected chi connectivity index (χ1v) is 8.02. The summed E-state index contributed by atoms with van der Waals surface area (Å²) in [5.74, 6) is 0. The number of halogens is 1. The van der Waals surface area contributed by atoms with Crippen LogP contribution in [0.1, 0.15) is 5.56 Å². The fourth-order valence-electron chi connectivity index (χ4n) is 1.96. The van der Waals surface area contributed by atoms with Crippen LogP contribution in [0.4, 0.5) is 5.69 Å². The van der Waals surface area contributed by atoms with Crippen LogP contribution in [-0.2, 0) is 17.1 Å². The summed E-state index contributed by atoms with van der Waals surface area (Å²) in [5.41, 5.74) is 1.67. The molecule has 0 aliphatic carbocycles. The maximum Gasteiger partial charge on any atom is 0.232 e. The van der Waals surface area contributed by atoms with Gasteiger partial charge in [-0.25, -0.2) is 8.42 Å². The van der Waals surface area contributed by atoms with Gasteiger partial charge in [0.1, 0.15) is 0 Å². The number of nitriles is 1. The molecule has 1 aromatic carbocycles. The van der Waals surface area contributed by atoms with E-state index in [-0.39, 0.29) is 0 Å². The number of nitrogens with zero attached hydrogens (tertiary/aromatic N) is 3. The van der Waals surface area contributed by atoms with E-state index < -0.39 is 10.0 Å². The maximum atomic E-state index is 11.7. The van der Waals surface area contributed by atoms with Crippen molar-refractivity contribution in [3.05, 3.63) is 28.4 Å². The molecular formula is C12H12BrN3O2S. The minimum Gasteiger partial charge on any atom is -0.348 e. The van der Waals surface area contributed by atoms with Crippen LogP contribution in [0.2, 0.25) is 0 Å². The Morgan fingerprint density at radius 2 is 2.05 bits per heavy atom. The lowest BCUT2D eigenvalue weighted by atomic mass is 10.1. The van der Waals surface area contributed by atoms with Gasteiger partial charge in [-0.15, -0.1) is 0 Å². The Labute approximate surface area is 120 Å². The quantitative estimate of drug-likeness (QED) is 0.840. The topological polar surface area (TPSA) is 66.1 Å². The summed E-state index contributed by atoms with van der Waals surface area (Å²) in [6, 6.07) is 5.37. The lowest BCUT2D eigenvalue weighted by molar-refractivity contribution is 0.600. The summed E-state index contributed by atoms with van der Waals surface area (Å²) in [6.45, 7) is 0. The van der Waals surface area contributed by atoms with Crippen LogP contribution < -0.4 is 4.31 Å². The fourth-order valence-corrected chi connectivity index (χ4v) is 3.07. The Balaban J connectivity index is 2.90. The van der Waals surface area contributed by atoms with Crippen LogP contribution in [0.15, 0.2) is 22.8 Å². The first-order chi connectivity index (χ1) is 8.75. The standard InChI is InChI=1S/C12H12BrN3O2S/c1-15-7-10(13)9-4-8(6-14)5-11(12(9)15)16(2)19(3,17)18/h4-5,7H,1-3H3. The number of anilines is 1. The second-order valence-electron chi connectivity index (χ2n) is 4.32. The Bertz CT molecular complexity index is 802. The number of fused-ring (bicyclic) bond motifs is 1. The highest BCUT2D eigenvalue weighted by Gasteiger charge is 2.19. The summed E-state index contributed by atoms with van der Waals surface area (Å²) in [5, 5.41) is 9.88. The normalized spacial score (nSPS) is 11.5. The molecule has 0 aliphatic heterocycles. The van der Waals surface area contributed by atoms with Crippen molar-refractivity contribution in [3.63, 3.8) is 0 Å². The van der Waals surface area contributed by atoms with E-state index in [4.69, 9.17) is 5.26 Å². The molecule has 0 aliphatic rings. The third kappa shape index (κ3) is 2.33. The van der Waals surface area contributed by atoms with Gasteiger partial charge in [-0.1, -0.05) is 0 Å². The highest BCUT2D eigenvalue weighted by Crippen LogP contribution is 2.34. The molecule has 0 atom stereocenters. The lowest BCUT2D eigenvalue weighted by Gasteiger charge is -2.18. The molecule has 0 unspecified atom stereocenters. The number of hydrogen-bond donors (Lipinski definition) is 0. The second kappa shape index (κ2) is 4.54. The number of aryl methyl sites for hydroxylation is 1. The Morgan fingerprint density at radius 1 is 1.42 bits per heavy atom. The van der Waals surface area contributed by atoms with Crippen molar-refractivity contribution in [2.24, 2.45) is 7.05 Å². The van der Waals surface area contributed by atoms with Crippen LogP contribution in [0.3, 0.4) is 0 Å². The molecule has 5 nitrogen and oxygen atoms in total. The third-order valence-electron chi connectivity index (χ3n) is 2.97. The first kappa shape index (κ1) is 13.9. The molecular weight excluding hydrogens is 330 g/mol. The van der Waals surface area contributed by atoms with E-state index in [2.05, 4.69) is 22.0 Å². The Kier molecular flexibility index (Phi) is 3.32. The van der Waals surface area contributed by atoms with Gasteiger partial charge in [0.15, 0.2) is 0 Å². The van der Waals surface area contributed by atoms with Crippen molar-refractivity contribution in [2.75, 3.05) is 17.6 Å². The van der Waals surface area contributed by atoms with Crippen molar-refractivity contribution in [3.8, 4) is 6.07 Å². The third-order valence-corrected chi connectivity index (χ3v) is 4.80. The highest BCUT2D eigenvalue weighted by atomic mass is 79.9. The van der Waals surface area contributed by atoms with E-state index in [1.165, 1.54) is 11.4 Å². The van der Waals surface area contributed by atoms with E-state index in [0.717, 1.165) is 21.6 Å². The minimum atomic E-state index is -3.38. The molecule has 0 fully saturated rings. The molecule has 1 heterocycles. The van der Waals surface area contributed by atoms with E-state index >= 15 is 0 Å². The van der Waals surface area contributed by atoms with Crippen LogP contribution in [0.25, 0.3) is 10.9 Å². The van der Waals surface area contributed by atoms with Gasteiger partial charge in [0, 0.05) is 30.2 Å². The van der Waals surface area contributed by atoms with Crippen molar-refractivity contribution in [2.45, 2.75) is 0 Å². The van der Waals surface area contributed by atoms with Gasteiger partial charge in [-0.3, -0.25) is 4.31 Å². The lowest BCUT2D eigenvalue weighted by Crippen LogP contribution is -2.25. The molecule has 19 heavy (non-hydrogen) atoms. The average Bonchev–Trinajstić information content (AvgIpc) is 2.62. The summed E-state index contributed by atoms with van der Waals surface area (Å²) in [4.78, 5) is 0. The molecule has 100 valence electrons. The van der Waals surface area contributed by atoms with Gasteiger partial charge in [0.25, 0.3) is 0 Å². The van der Waals surface area contributed by atoms with E-state index in [1.54, 1.807) is 12.1 Å². The molecule has 0 bridgehead atoms. The molecule has 2 aromatic rings. The van der Waals surface area contributed by atoms with Crippen molar-refractivity contribution < 1.29 is 8.42 Å². The molecule has 1 aromatic heterocycles. The number of sulfonamides is 1. The number of hydrogen-bond acceptors (Lipinski definition) is 3. The van der Waals surface area contributed by atoms with Gasteiger partial charge in [-0.05, 0) is 28.1 Å². The van der Waals surface area contributed by atoms with Gasteiger partial charge >= 0.3 is 0 Å². The van der Waals surface area contributed by atoms with Gasteiger partial charge in [0.05, 0.1) is 29.1 Å². The molecule has 0 radical (unpaired) electrons. The minimum absolute atomic E-state index is 0.421. The van der Waals surface area contributed by atoms with Crippen LogP contribution in [0.5, 0.6) is 0 Å². The zero-order valence-electron chi connectivity index (χ0n) is 10.7. The van der Waals surface area contributed by atoms with Gasteiger partial charge < -0.3 is 4.57 Å². The summed E-state index contributed by atoms with van der Waals surface area (Å²) in [6.07, 6.45) is 2.97. The largest absolute Gasteiger partial charge is 0.348 e. The summed E-state index contributed by atoms with van der Waals surface area (Å²) in [7, 11) is -0.0741. The average molecular weight is 342 g/mol. The maximum absolute atomic E-state index is 11.7. The van der Waals surface area contributed by atoms with E-state index in [1.807, 2.05) is 17.8 Å². The molecule has 0 amide bonds. The predicted molar refractivity (Wildman–Crippen MR) is 78.6 cm³/mol.